The van der Waals surface area contributed by atoms with Crippen molar-refractivity contribution in [3.05, 3.63) is 81.9 Å². The van der Waals surface area contributed by atoms with E-state index in [0.29, 0.717) is 90.3 Å². The van der Waals surface area contributed by atoms with Crippen LogP contribution in [0.2, 0.25) is 0 Å². The number of nitrogens with one attached hydrogen (secondary N) is 1. The molecule has 19 heteroatoms. The zero-order chi connectivity index (χ0) is 50.2. The fraction of sp³-hybridized carbons (Fsp3) is 0.491. The van der Waals surface area contributed by atoms with Crippen LogP contribution in [0.15, 0.2) is 53.5 Å². The lowest BCUT2D eigenvalue weighted by Crippen LogP contribution is -2.48. The topological polar surface area (TPSA) is 197 Å². The van der Waals surface area contributed by atoms with E-state index in [9.17, 15) is 29.4 Å². The molecule has 3 aromatic heterocycles. The number of halogens is 2. The van der Waals surface area contributed by atoms with Crippen LogP contribution < -0.4 is 20.6 Å². The number of likely N-dealkylation sites (tertiary alicyclic amines) is 1. The van der Waals surface area contributed by atoms with E-state index in [4.69, 9.17) is 14.5 Å². The monoisotopic (exact) mass is 987 g/mol. The molecule has 0 radical (unpaired) electrons. The minimum absolute atomic E-state index is 0.0334. The second-order valence-electron chi connectivity index (χ2n) is 20.8. The summed E-state index contributed by atoms with van der Waals surface area (Å²) in [5.74, 6) is -1.61. The van der Waals surface area contributed by atoms with Crippen LogP contribution in [0.5, 0.6) is 11.8 Å². The summed E-state index contributed by atoms with van der Waals surface area (Å²) >= 11 is 0. The Morgan fingerprint density at radius 2 is 1.75 bits per heavy atom. The molecule has 3 amide bonds. The molecule has 72 heavy (non-hydrogen) atoms. The number of carbonyl (C=O) groups is 3. The molecule has 0 bridgehead atoms. The van der Waals surface area contributed by atoms with Gasteiger partial charge in [0, 0.05) is 57.4 Å². The first-order chi connectivity index (χ1) is 34.6. The summed E-state index contributed by atoms with van der Waals surface area (Å²) in [6, 6.07) is 10.8. The van der Waals surface area contributed by atoms with Crippen molar-refractivity contribution in [1.29, 1.82) is 0 Å². The van der Waals surface area contributed by atoms with E-state index in [1.807, 2.05) is 30.0 Å². The summed E-state index contributed by atoms with van der Waals surface area (Å²) in [6.07, 6.45) is 7.91. The number of aromatic hydroxyl groups is 1. The lowest BCUT2D eigenvalue weighted by molar-refractivity contribution is -0.135. The van der Waals surface area contributed by atoms with Gasteiger partial charge in [-0.05, 0) is 136 Å². The predicted molar refractivity (Wildman–Crippen MR) is 264 cm³/mol. The van der Waals surface area contributed by atoms with Crippen LogP contribution in [0.1, 0.15) is 101 Å². The molecular formula is C53H59F2N9O8. The number of aliphatic hydroxyl groups is 1. The lowest BCUT2D eigenvalue weighted by Gasteiger charge is -2.38. The Hall–Kier alpha value is -6.73. The van der Waals surface area contributed by atoms with Crippen molar-refractivity contribution in [3.63, 3.8) is 0 Å². The molecule has 5 saturated heterocycles. The summed E-state index contributed by atoms with van der Waals surface area (Å²) in [5.41, 5.74) is 1.13. The molecule has 1 unspecified atom stereocenters. The van der Waals surface area contributed by atoms with Crippen molar-refractivity contribution in [2.75, 3.05) is 50.8 Å². The number of amides is 3. The average molecular weight is 988 g/mol. The third kappa shape index (κ3) is 8.36. The van der Waals surface area contributed by atoms with Crippen molar-refractivity contribution >= 4 is 56.4 Å². The Bertz CT molecular complexity index is 3240. The number of imidazole rings is 1. The van der Waals surface area contributed by atoms with Crippen molar-refractivity contribution in [2.24, 2.45) is 7.05 Å². The Labute approximate surface area is 413 Å². The van der Waals surface area contributed by atoms with E-state index in [1.165, 1.54) is 29.0 Å². The number of benzene rings is 3. The van der Waals surface area contributed by atoms with Crippen molar-refractivity contribution < 1.29 is 42.9 Å². The molecule has 6 aromatic rings. The van der Waals surface area contributed by atoms with Gasteiger partial charge < -0.3 is 29.5 Å². The van der Waals surface area contributed by atoms with Crippen LogP contribution in [0.4, 0.5) is 19.4 Å². The first kappa shape index (κ1) is 47.6. The van der Waals surface area contributed by atoms with Gasteiger partial charge in [-0.15, -0.1) is 0 Å². The van der Waals surface area contributed by atoms with Gasteiger partial charge in [-0.2, -0.15) is 9.97 Å². The molecule has 3 N–H and O–H groups in total. The van der Waals surface area contributed by atoms with Crippen LogP contribution in [0, 0.1) is 11.6 Å². The largest absolute Gasteiger partial charge is 0.508 e. The van der Waals surface area contributed by atoms with Gasteiger partial charge in [0.2, 0.25) is 11.8 Å². The molecule has 5 aliphatic heterocycles. The van der Waals surface area contributed by atoms with E-state index in [2.05, 4.69) is 20.2 Å². The highest BCUT2D eigenvalue weighted by Crippen LogP contribution is 2.44. The summed E-state index contributed by atoms with van der Waals surface area (Å²) in [5, 5.41) is 25.6. The van der Waals surface area contributed by atoms with Gasteiger partial charge >= 0.3 is 17.8 Å². The Kier molecular flexibility index (Phi) is 12.2. The number of rotatable bonds is 10. The molecule has 17 nitrogen and oxygen atoms in total. The minimum atomic E-state index is -1.01. The predicted octanol–water partition coefficient (Wildman–Crippen LogP) is 6.77. The van der Waals surface area contributed by atoms with E-state index >= 15 is 8.78 Å². The average Bonchev–Trinajstić information content (AvgIpc) is 4.01. The number of anilines is 1. The maximum atomic E-state index is 17.2. The number of phenols is 1. The number of fused-ring (bicyclic) bond motifs is 4. The molecule has 5 aliphatic rings. The van der Waals surface area contributed by atoms with Crippen LogP contribution in [0.25, 0.3) is 44.0 Å². The third-order valence-electron chi connectivity index (χ3n) is 16.1. The number of pyridine rings is 1. The van der Waals surface area contributed by atoms with Gasteiger partial charge in [-0.25, -0.2) is 18.4 Å². The first-order valence-electron chi connectivity index (χ1n) is 25.3. The zero-order valence-corrected chi connectivity index (χ0v) is 40.8. The number of β-amino-alcohol motifs (C(OH)–C–C–N with tert-alkyl or cyclic N) is 1. The highest BCUT2D eigenvalue weighted by Gasteiger charge is 2.50. The molecule has 11 rings (SSSR count). The van der Waals surface area contributed by atoms with Gasteiger partial charge in [0.1, 0.15) is 47.9 Å². The fourth-order valence-electron chi connectivity index (χ4n) is 12.5. The Morgan fingerprint density at radius 3 is 2.53 bits per heavy atom. The Morgan fingerprint density at radius 1 is 0.944 bits per heavy atom. The number of hydrogen-bond acceptors (Lipinski definition) is 13. The van der Waals surface area contributed by atoms with Crippen LogP contribution in [-0.4, -0.2) is 125 Å². The van der Waals surface area contributed by atoms with Gasteiger partial charge in [0.25, 0.3) is 0 Å². The molecule has 378 valence electrons. The molecule has 3 aromatic carbocycles. The van der Waals surface area contributed by atoms with Crippen LogP contribution >= 0.6 is 0 Å². The number of piperidine rings is 3. The molecule has 0 saturated carbocycles. The van der Waals surface area contributed by atoms with Gasteiger partial charge in [-0.3, -0.25) is 33.9 Å². The number of phenolic OH excluding ortho intramolecular Hbond substituents is 1. The smallest absolute Gasteiger partial charge is 0.409 e. The standard InChI is InChI=1S/C53H59F2N9O8/c1-4-35-38(54)9-7-32-23-34(65)25-36(43(32)35)45-44(55)46-37(26-56-45)47(62-19-5-16-52(2,70)28-62)59-49(58-46)72-29-53-17-6-20-63(53)33(13-18-53)27-71-51(69)61-21-14-30(15-22-61)31-8-10-39-41(24-31)60(3)50(68)64(39)40-11-12-42(66)57-48(40)67/h7-10,23-26,30,33,40,65,70H,4-6,11-22,27-29H2,1-3H3,(H,57,66,67)/t33-,40?,52+,53+/m0/s1. The van der Waals surface area contributed by atoms with Crippen molar-refractivity contribution in [3.8, 4) is 23.0 Å². The first-order valence-corrected chi connectivity index (χ1v) is 25.3. The number of ether oxygens (including phenoxy) is 2. The summed E-state index contributed by atoms with van der Waals surface area (Å²) in [4.78, 5) is 71.5. The molecular weight excluding hydrogens is 929 g/mol. The molecule has 4 atom stereocenters. The normalized spacial score (nSPS) is 24.1. The number of imide groups is 1. The minimum Gasteiger partial charge on any atom is -0.508 e. The lowest BCUT2D eigenvalue weighted by atomic mass is 9.89. The van der Waals surface area contributed by atoms with Gasteiger partial charge in [-0.1, -0.05) is 19.1 Å². The van der Waals surface area contributed by atoms with Gasteiger partial charge in [0.15, 0.2) is 5.82 Å². The van der Waals surface area contributed by atoms with Gasteiger partial charge in [0.05, 0.1) is 27.6 Å². The van der Waals surface area contributed by atoms with E-state index in [0.717, 1.165) is 37.8 Å². The highest BCUT2D eigenvalue weighted by molar-refractivity contribution is 6.02. The maximum Gasteiger partial charge on any atom is 0.409 e. The number of aryl methyl sites for hydroxylation is 2. The third-order valence-corrected chi connectivity index (χ3v) is 16.1. The van der Waals surface area contributed by atoms with Crippen LogP contribution in [0.3, 0.4) is 0 Å². The second kappa shape index (κ2) is 18.4. The number of hydrogen-bond donors (Lipinski definition) is 3. The summed E-state index contributed by atoms with van der Waals surface area (Å²) < 4.78 is 48.0. The molecule has 5 fully saturated rings. The number of carbonyl (C=O) groups excluding carboxylic acids is 3. The quantitative estimate of drug-likeness (QED) is 0.122. The molecule has 8 heterocycles. The maximum absolute atomic E-state index is 17.2. The summed E-state index contributed by atoms with van der Waals surface area (Å²) in [6.45, 7) is 6.62. The molecule has 0 spiro atoms. The fourth-order valence-corrected chi connectivity index (χ4v) is 12.5. The van der Waals surface area contributed by atoms with E-state index in [-0.39, 0.29) is 96.3 Å². The number of aromatic nitrogens is 5. The zero-order valence-electron chi connectivity index (χ0n) is 40.8. The van der Waals surface area contributed by atoms with Crippen molar-refractivity contribution in [1.82, 2.24) is 39.2 Å². The number of nitrogens with zero attached hydrogens (tertiary/aromatic N) is 8. The van der Waals surface area contributed by atoms with Crippen LogP contribution in [-0.2, 0) is 27.8 Å². The van der Waals surface area contributed by atoms with Crippen molar-refractivity contribution in [2.45, 2.75) is 114 Å². The SMILES string of the molecule is CCc1c(F)ccc2cc(O)cc(-c3ncc4c(N5CCC[C@@](C)(O)C5)nc(OC[C@]56CCCN5[C@H](COC(=O)N5CCC(c7ccc8c(c7)n(C)c(=O)n8C7CCC(=O)NC7=O)CC5)CC6)nc4c3F)c12. The molecule has 0 aliphatic carbocycles. The van der Waals surface area contributed by atoms with E-state index < -0.39 is 29.2 Å². The second-order valence-corrected chi connectivity index (χ2v) is 20.8. The van der Waals surface area contributed by atoms with E-state index in [1.54, 1.807) is 29.5 Å². The highest BCUT2D eigenvalue weighted by atomic mass is 19.1. The summed E-state index contributed by atoms with van der Waals surface area (Å²) in [7, 11) is 1.68. The Balaban J connectivity index is 0.778.